The van der Waals surface area contributed by atoms with Crippen LogP contribution in [0.15, 0.2) is 42.5 Å². The van der Waals surface area contributed by atoms with Crippen LogP contribution in [0.25, 0.3) is 0 Å². The van der Waals surface area contributed by atoms with E-state index in [9.17, 15) is 0 Å². The third-order valence-electron chi connectivity index (χ3n) is 2.60. The van der Waals surface area contributed by atoms with Crippen molar-refractivity contribution in [2.45, 2.75) is 20.5 Å². The third kappa shape index (κ3) is 3.01. The molecule has 2 aromatic carbocycles. The van der Waals surface area contributed by atoms with E-state index in [0.29, 0.717) is 11.6 Å². The Morgan fingerprint density at radius 1 is 1.06 bits per heavy atom. The van der Waals surface area contributed by atoms with Crippen LogP contribution in [-0.4, -0.2) is 0 Å². The van der Waals surface area contributed by atoms with Gasteiger partial charge < -0.3 is 4.74 Å². The van der Waals surface area contributed by atoms with E-state index in [-0.39, 0.29) is 0 Å². The minimum absolute atomic E-state index is 0.546. The summed E-state index contributed by atoms with van der Waals surface area (Å²) in [6.07, 6.45) is 0. The van der Waals surface area contributed by atoms with E-state index in [0.717, 1.165) is 22.4 Å². The number of benzene rings is 2. The van der Waals surface area contributed by atoms with Gasteiger partial charge in [0, 0.05) is 0 Å². The Kier molecular flexibility index (Phi) is 3.70. The molecule has 0 aliphatic heterocycles. The zero-order valence-corrected chi connectivity index (χ0v) is 10.8. The molecule has 0 spiro atoms. The molecule has 0 unspecified atom stereocenters. The van der Waals surface area contributed by atoms with Crippen LogP contribution < -0.4 is 4.74 Å². The summed E-state index contributed by atoms with van der Waals surface area (Å²) in [6, 6.07) is 14.1. The molecule has 0 aliphatic carbocycles. The van der Waals surface area contributed by atoms with Gasteiger partial charge in [-0.05, 0) is 36.6 Å². The molecule has 2 rings (SSSR count). The van der Waals surface area contributed by atoms with Crippen LogP contribution in [0.3, 0.4) is 0 Å². The lowest BCUT2D eigenvalue weighted by molar-refractivity contribution is 0.304. The second-order valence-corrected chi connectivity index (χ2v) is 4.57. The van der Waals surface area contributed by atoms with Gasteiger partial charge in [0.05, 0.1) is 5.02 Å². The predicted molar refractivity (Wildman–Crippen MR) is 71.7 cm³/mol. The lowest BCUT2D eigenvalue weighted by Crippen LogP contribution is -1.97. The highest BCUT2D eigenvalue weighted by Crippen LogP contribution is 2.30. The number of hydrogen-bond acceptors (Lipinski definition) is 1. The zero-order valence-electron chi connectivity index (χ0n) is 10.0. The number of ether oxygens (including phenoxy) is 1. The van der Waals surface area contributed by atoms with Crippen LogP contribution in [0, 0.1) is 13.8 Å². The maximum atomic E-state index is 6.18. The zero-order chi connectivity index (χ0) is 12.3. The minimum atomic E-state index is 0.546. The van der Waals surface area contributed by atoms with Gasteiger partial charge in [-0.25, -0.2) is 0 Å². The fourth-order valence-electron chi connectivity index (χ4n) is 1.82. The molecular formula is C15H15ClO. The first-order chi connectivity index (χ1) is 8.16. The number of rotatable bonds is 3. The molecule has 2 heteroatoms. The van der Waals surface area contributed by atoms with E-state index in [4.69, 9.17) is 16.3 Å². The van der Waals surface area contributed by atoms with Crippen molar-refractivity contribution in [2.24, 2.45) is 0 Å². The lowest BCUT2D eigenvalue weighted by atomic mass is 10.1. The number of hydrogen-bond donors (Lipinski definition) is 0. The minimum Gasteiger partial charge on any atom is -0.487 e. The van der Waals surface area contributed by atoms with Crippen molar-refractivity contribution < 1.29 is 4.74 Å². The number of halogens is 1. The van der Waals surface area contributed by atoms with Gasteiger partial charge in [-0.15, -0.1) is 0 Å². The fourth-order valence-corrected chi connectivity index (χ4v) is 2.19. The maximum absolute atomic E-state index is 6.18. The average molecular weight is 247 g/mol. The highest BCUT2D eigenvalue weighted by atomic mass is 35.5. The monoisotopic (exact) mass is 246 g/mol. The summed E-state index contributed by atoms with van der Waals surface area (Å²) in [6.45, 7) is 4.59. The van der Waals surface area contributed by atoms with Crippen LogP contribution >= 0.6 is 11.6 Å². The molecule has 2 aromatic rings. The Balaban J connectivity index is 2.15. The van der Waals surface area contributed by atoms with E-state index in [1.807, 2.05) is 50.2 Å². The fraction of sp³-hybridized carbons (Fsp3) is 0.200. The summed E-state index contributed by atoms with van der Waals surface area (Å²) in [5.74, 6) is 0.779. The quantitative estimate of drug-likeness (QED) is 0.773. The van der Waals surface area contributed by atoms with E-state index in [1.165, 1.54) is 0 Å². The van der Waals surface area contributed by atoms with Crippen molar-refractivity contribution in [3.63, 3.8) is 0 Å². The molecule has 0 heterocycles. The van der Waals surface area contributed by atoms with E-state index in [1.54, 1.807) is 0 Å². The molecule has 0 aromatic heterocycles. The van der Waals surface area contributed by atoms with Crippen LogP contribution in [0.1, 0.15) is 16.7 Å². The first-order valence-electron chi connectivity index (χ1n) is 5.60. The van der Waals surface area contributed by atoms with Gasteiger partial charge in [-0.2, -0.15) is 0 Å². The largest absolute Gasteiger partial charge is 0.487 e. The smallest absolute Gasteiger partial charge is 0.141 e. The summed E-state index contributed by atoms with van der Waals surface area (Å²) >= 11 is 6.18. The first-order valence-corrected chi connectivity index (χ1v) is 5.98. The molecule has 0 radical (unpaired) electrons. The summed E-state index contributed by atoms with van der Waals surface area (Å²) < 4.78 is 5.78. The Morgan fingerprint density at radius 2 is 1.76 bits per heavy atom. The summed E-state index contributed by atoms with van der Waals surface area (Å²) in [5, 5.41) is 0.679. The second-order valence-electron chi connectivity index (χ2n) is 4.17. The summed E-state index contributed by atoms with van der Waals surface area (Å²) in [5.41, 5.74) is 3.37. The van der Waals surface area contributed by atoms with Crippen molar-refractivity contribution in [1.82, 2.24) is 0 Å². The van der Waals surface area contributed by atoms with E-state index in [2.05, 4.69) is 6.07 Å². The predicted octanol–water partition coefficient (Wildman–Crippen LogP) is 4.54. The normalized spacial score (nSPS) is 10.3. The standard InChI is InChI=1S/C15H15ClO/c1-11-8-12(2)15(14(16)9-11)17-10-13-6-4-3-5-7-13/h3-9H,10H2,1-2H3. The Morgan fingerprint density at radius 3 is 2.41 bits per heavy atom. The van der Waals surface area contributed by atoms with Gasteiger partial charge in [-0.3, -0.25) is 0 Å². The Bertz CT molecular complexity index is 483. The molecule has 0 N–H and O–H groups in total. The Hall–Kier alpha value is -1.47. The van der Waals surface area contributed by atoms with Crippen LogP contribution in [-0.2, 0) is 6.61 Å². The second kappa shape index (κ2) is 5.24. The Labute approximate surface area is 107 Å². The van der Waals surface area contributed by atoms with Gasteiger partial charge in [0.25, 0.3) is 0 Å². The highest BCUT2D eigenvalue weighted by molar-refractivity contribution is 6.32. The van der Waals surface area contributed by atoms with Gasteiger partial charge in [-0.1, -0.05) is 48.0 Å². The molecule has 17 heavy (non-hydrogen) atoms. The molecular weight excluding hydrogens is 232 g/mol. The lowest BCUT2D eigenvalue weighted by Gasteiger charge is -2.11. The molecule has 0 saturated heterocycles. The SMILES string of the molecule is Cc1cc(C)c(OCc2ccccc2)c(Cl)c1. The van der Waals surface area contributed by atoms with Crippen molar-refractivity contribution in [2.75, 3.05) is 0 Å². The van der Waals surface area contributed by atoms with Gasteiger partial charge in [0.1, 0.15) is 12.4 Å². The molecule has 0 fully saturated rings. The van der Waals surface area contributed by atoms with Gasteiger partial charge in [0.2, 0.25) is 0 Å². The van der Waals surface area contributed by atoms with Crippen molar-refractivity contribution >= 4 is 11.6 Å². The molecule has 0 atom stereocenters. The van der Waals surface area contributed by atoms with Crippen molar-refractivity contribution in [3.05, 3.63) is 64.2 Å². The molecule has 0 bridgehead atoms. The molecule has 1 nitrogen and oxygen atoms in total. The third-order valence-corrected chi connectivity index (χ3v) is 2.88. The first kappa shape index (κ1) is 12.0. The average Bonchev–Trinajstić information content (AvgIpc) is 2.29. The van der Waals surface area contributed by atoms with Crippen LogP contribution in [0.4, 0.5) is 0 Å². The van der Waals surface area contributed by atoms with Crippen molar-refractivity contribution in [3.8, 4) is 5.75 Å². The summed E-state index contributed by atoms with van der Waals surface area (Å²) in [7, 11) is 0. The summed E-state index contributed by atoms with van der Waals surface area (Å²) in [4.78, 5) is 0. The topological polar surface area (TPSA) is 9.23 Å². The van der Waals surface area contributed by atoms with E-state index >= 15 is 0 Å². The highest BCUT2D eigenvalue weighted by Gasteiger charge is 2.06. The molecule has 0 saturated carbocycles. The molecule has 0 aliphatic rings. The molecule has 0 amide bonds. The number of aryl methyl sites for hydroxylation is 2. The van der Waals surface area contributed by atoms with Gasteiger partial charge in [0.15, 0.2) is 0 Å². The molecule has 88 valence electrons. The van der Waals surface area contributed by atoms with Crippen molar-refractivity contribution in [1.29, 1.82) is 0 Å². The van der Waals surface area contributed by atoms with Crippen LogP contribution in [0.2, 0.25) is 5.02 Å². The van der Waals surface area contributed by atoms with Gasteiger partial charge >= 0.3 is 0 Å². The van der Waals surface area contributed by atoms with Crippen LogP contribution in [0.5, 0.6) is 5.75 Å². The maximum Gasteiger partial charge on any atom is 0.141 e. The van der Waals surface area contributed by atoms with E-state index < -0.39 is 0 Å².